The molecule has 2 unspecified atom stereocenters. The van der Waals surface area contributed by atoms with Gasteiger partial charge in [0, 0.05) is 19.2 Å². The van der Waals surface area contributed by atoms with E-state index in [1.54, 1.807) is 6.92 Å². The second-order valence-electron chi connectivity index (χ2n) is 5.10. The average Bonchev–Trinajstić information content (AvgIpc) is 2.79. The highest BCUT2D eigenvalue weighted by Gasteiger charge is 2.36. The first-order chi connectivity index (χ1) is 9.43. The molecule has 0 aromatic carbocycles. The van der Waals surface area contributed by atoms with Crippen LogP contribution in [-0.4, -0.2) is 36.1 Å². The van der Waals surface area contributed by atoms with E-state index in [-0.39, 0.29) is 23.5 Å². The Kier molecular flexibility index (Phi) is 3.87. The van der Waals surface area contributed by atoms with Crippen molar-refractivity contribution in [3.8, 4) is 0 Å². The maximum atomic E-state index is 11.7. The van der Waals surface area contributed by atoms with Gasteiger partial charge in [-0.1, -0.05) is 6.92 Å². The fraction of sp³-hybridized carbons (Fsp3) is 0.538. The molecule has 1 fully saturated rings. The zero-order valence-electron chi connectivity index (χ0n) is 11.7. The number of anilines is 1. The maximum absolute atomic E-state index is 11.7. The molecule has 0 saturated carbocycles. The highest BCUT2D eigenvalue weighted by molar-refractivity contribution is 5.74. The zero-order chi connectivity index (χ0) is 14.9. The number of carbonyl (C=O) groups is 1. The summed E-state index contributed by atoms with van der Waals surface area (Å²) < 4.78 is 4.79. The van der Waals surface area contributed by atoms with Gasteiger partial charge in [0.05, 0.1) is 18.0 Å². The second-order valence-corrected chi connectivity index (χ2v) is 5.10. The smallest absolute Gasteiger partial charge is 0.310 e. The molecule has 7 nitrogen and oxygen atoms in total. The first kappa shape index (κ1) is 14.2. The molecule has 20 heavy (non-hydrogen) atoms. The van der Waals surface area contributed by atoms with Crippen LogP contribution in [0.1, 0.15) is 12.5 Å². The Hall–Kier alpha value is -2.18. The van der Waals surface area contributed by atoms with E-state index in [0.717, 1.165) is 5.56 Å². The third kappa shape index (κ3) is 2.56. The molecule has 0 N–H and O–H groups in total. The molecule has 2 rings (SSSR count). The lowest BCUT2D eigenvalue weighted by molar-refractivity contribution is -0.385. The van der Waals surface area contributed by atoms with Crippen molar-refractivity contribution in [2.45, 2.75) is 13.8 Å². The molecule has 0 aliphatic carbocycles. The third-order valence-corrected chi connectivity index (χ3v) is 3.66. The van der Waals surface area contributed by atoms with Gasteiger partial charge in [-0.3, -0.25) is 14.9 Å². The summed E-state index contributed by atoms with van der Waals surface area (Å²) >= 11 is 0. The molecule has 0 spiro atoms. The lowest BCUT2D eigenvalue weighted by Crippen LogP contribution is -2.25. The fourth-order valence-corrected chi connectivity index (χ4v) is 2.58. The van der Waals surface area contributed by atoms with Crippen LogP contribution in [0.15, 0.2) is 12.3 Å². The van der Waals surface area contributed by atoms with Crippen LogP contribution in [0.25, 0.3) is 0 Å². The van der Waals surface area contributed by atoms with E-state index < -0.39 is 4.92 Å². The van der Waals surface area contributed by atoms with Gasteiger partial charge in [0.2, 0.25) is 0 Å². The van der Waals surface area contributed by atoms with Gasteiger partial charge < -0.3 is 9.64 Å². The Balaban J connectivity index is 2.21. The predicted octanol–water partition coefficient (Wildman–Crippen LogP) is 1.54. The van der Waals surface area contributed by atoms with Crippen molar-refractivity contribution >= 4 is 17.5 Å². The Morgan fingerprint density at radius 2 is 2.25 bits per heavy atom. The molecule has 0 radical (unpaired) electrons. The Labute approximate surface area is 116 Å². The molecule has 1 aromatic rings. The number of carbonyl (C=O) groups excluding carboxylic acids is 1. The average molecular weight is 279 g/mol. The lowest BCUT2D eigenvalue weighted by atomic mass is 9.99. The molecule has 2 heterocycles. The fourth-order valence-electron chi connectivity index (χ4n) is 2.58. The van der Waals surface area contributed by atoms with Crippen LogP contribution < -0.4 is 4.90 Å². The van der Waals surface area contributed by atoms with Crippen LogP contribution in [0.2, 0.25) is 0 Å². The van der Waals surface area contributed by atoms with E-state index in [4.69, 9.17) is 4.74 Å². The summed E-state index contributed by atoms with van der Waals surface area (Å²) in [7, 11) is 1.38. The van der Waals surface area contributed by atoms with Gasteiger partial charge >= 0.3 is 5.97 Å². The van der Waals surface area contributed by atoms with Crippen molar-refractivity contribution in [3.63, 3.8) is 0 Å². The van der Waals surface area contributed by atoms with Crippen LogP contribution >= 0.6 is 0 Å². The Morgan fingerprint density at radius 1 is 1.55 bits per heavy atom. The lowest BCUT2D eigenvalue weighted by Gasteiger charge is -2.18. The van der Waals surface area contributed by atoms with Gasteiger partial charge in [0.15, 0.2) is 0 Å². The number of pyridine rings is 1. The van der Waals surface area contributed by atoms with Gasteiger partial charge in [-0.05, 0) is 18.4 Å². The topological polar surface area (TPSA) is 85.6 Å². The predicted molar refractivity (Wildman–Crippen MR) is 72.5 cm³/mol. The summed E-state index contributed by atoms with van der Waals surface area (Å²) in [5, 5.41) is 10.7. The number of methoxy groups -OCH3 is 1. The molecule has 7 heteroatoms. The van der Waals surface area contributed by atoms with Crippen molar-refractivity contribution < 1.29 is 14.5 Å². The van der Waals surface area contributed by atoms with E-state index in [1.165, 1.54) is 19.4 Å². The van der Waals surface area contributed by atoms with Crippen molar-refractivity contribution in [1.82, 2.24) is 4.98 Å². The summed E-state index contributed by atoms with van der Waals surface area (Å²) in [5.74, 6) is 0.448. The number of ether oxygens (including phenoxy) is 1. The minimum atomic E-state index is -0.465. The van der Waals surface area contributed by atoms with Crippen LogP contribution in [0.3, 0.4) is 0 Å². The normalized spacial score (nSPS) is 21.9. The number of hydrogen-bond acceptors (Lipinski definition) is 6. The Bertz CT molecular complexity index is 546. The summed E-state index contributed by atoms with van der Waals surface area (Å²) in [5.41, 5.74) is 0.708. The first-order valence-electron chi connectivity index (χ1n) is 6.38. The molecule has 1 aliphatic rings. The van der Waals surface area contributed by atoms with Gasteiger partial charge in [-0.15, -0.1) is 0 Å². The monoisotopic (exact) mass is 279 g/mol. The van der Waals surface area contributed by atoms with E-state index in [0.29, 0.717) is 18.9 Å². The quantitative estimate of drug-likeness (QED) is 0.474. The molecule has 108 valence electrons. The van der Waals surface area contributed by atoms with E-state index >= 15 is 0 Å². The summed E-state index contributed by atoms with van der Waals surface area (Å²) in [4.78, 5) is 28.1. The van der Waals surface area contributed by atoms with Gasteiger partial charge in [0.1, 0.15) is 12.0 Å². The standard InChI is InChI=1S/C13H17N3O4/c1-8-4-10(16(18)19)5-14-12(8)15-6-9(2)11(7-15)13(17)20-3/h4-5,9,11H,6-7H2,1-3H3. The van der Waals surface area contributed by atoms with Crippen molar-refractivity contribution in [1.29, 1.82) is 0 Å². The third-order valence-electron chi connectivity index (χ3n) is 3.66. The number of nitrogens with zero attached hydrogens (tertiary/aromatic N) is 3. The molecule has 1 aromatic heterocycles. The molecular weight excluding hydrogens is 262 g/mol. The maximum Gasteiger partial charge on any atom is 0.310 e. The van der Waals surface area contributed by atoms with Gasteiger partial charge in [0.25, 0.3) is 5.69 Å². The van der Waals surface area contributed by atoms with Gasteiger partial charge in [-0.25, -0.2) is 4.98 Å². The van der Waals surface area contributed by atoms with E-state index in [1.807, 2.05) is 11.8 Å². The molecule has 1 saturated heterocycles. The van der Waals surface area contributed by atoms with E-state index in [2.05, 4.69) is 4.98 Å². The Morgan fingerprint density at radius 3 is 2.80 bits per heavy atom. The molecule has 1 aliphatic heterocycles. The molecular formula is C13H17N3O4. The largest absolute Gasteiger partial charge is 0.469 e. The van der Waals surface area contributed by atoms with Crippen LogP contribution in [0.4, 0.5) is 11.5 Å². The number of nitro groups is 1. The zero-order valence-corrected chi connectivity index (χ0v) is 11.7. The number of hydrogen-bond donors (Lipinski definition) is 0. The second kappa shape index (κ2) is 5.44. The van der Waals surface area contributed by atoms with E-state index in [9.17, 15) is 14.9 Å². The number of aromatic nitrogens is 1. The highest BCUT2D eigenvalue weighted by Crippen LogP contribution is 2.30. The van der Waals surface area contributed by atoms with Crippen molar-refractivity contribution in [2.75, 3.05) is 25.1 Å². The van der Waals surface area contributed by atoms with Crippen molar-refractivity contribution in [3.05, 3.63) is 27.9 Å². The number of aryl methyl sites for hydroxylation is 1. The SMILES string of the molecule is COC(=O)C1CN(c2ncc([N+](=O)[O-])cc2C)CC1C. The van der Waals surface area contributed by atoms with Crippen molar-refractivity contribution in [2.24, 2.45) is 11.8 Å². The molecule has 0 amide bonds. The minimum Gasteiger partial charge on any atom is -0.469 e. The number of rotatable bonds is 3. The molecule has 0 bridgehead atoms. The number of esters is 1. The summed E-state index contributed by atoms with van der Waals surface area (Å²) in [6.45, 7) is 4.98. The first-order valence-corrected chi connectivity index (χ1v) is 6.38. The van der Waals surface area contributed by atoms with Gasteiger partial charge in [-0.2, -0.15) is 0 Å². The summed E-state index contributed by atoms with van der Waals surface area (Å²) in [6, 6.07) is 1.50. The highest BCUT2D eigenvalue weighted by atomic mass is 16.6. The van der Waals surface area contributed by atoms with Crippen LogP contribution in [-0.2, 0) is 9.53 Å². The minimum absolute atomic E-state index is 0.0250. The summed E-state index contributed by atoms with van der Waals surface area (Å²) in [6.07, 6.45) is 1.25. The molecule has 2 atom stereocenters. The van der Waals surface area contributed by atoms with Crippen LogP contribution in [0.5, 0.6) is 0 Å². The van der Waals surface area contributed by atoms with Crippen LogP contribution in [0, 0.1) is 28.9 Å².